The molecule has 0 aliphatic carbocycles. The first-order valence-corrected chi connectivity index (χ1v) is 3.99. The summed E-state index contributed by atoms with van der Waals surface area (Å²) in [6.07, 6.45) is 1.66. The van der Waals surface area contributed by atoms with Crippen LogP contribution < -0.4 is 0 Å². The lowest BCUT2D eigenvalue weighted by Gasteiger charge is -1.95. The van der Waals surface area contributed by atoms with Crippen LogP contribution in [0.4, 0.5) is 4.39 Å². The molecule has 14 heavy (non-hydrogen) atoms. The Morgan fingerprint density at radius 1 is 1.29 bits per heavy atom. The van der Waals surface area contributed by atoms with Crippen LogP contribution in [0, 0.1) is 5.82 Å². The molecule has 1 heterocycles. The molecule has 0 aliphatic heterocycles. The average Bonchev–Trinajstić information content (AvgIpc) is 2.67. The van der Waals surface area contributed by atoms with Crippen LogP contribution in [0.3, 0.4) is 0 Å². The Morgan fingerprint density at radius 2 is 2.00 bits per heavy atom. The van der Waals surface area contributed by atoms with Gasteiger partial charge < -0.3 is 0 Å². The SMILES string of the molecule is O=[C]c1cc(-c2ccc(F)cc2)[nH]n1. The number of aromatic amines is 1. The van der Waals surface area contributed by atoms with Crippen LogP contribution >= 0.6 is 0 Å². The van der Waals surface area contributed by atoms with Crippen LogP contribution in [-0.2, 0) is 4.79 Å². The van der Waals surface area contributed by atoms with Gasteiger partial charge in [-0.05, 0) is 35.9 Å². The minimum absolute atomic E-state index is 0.212. The summed E-state index contributed by atoms with van der Waals surface area (Å²) in [7, 11) is 0. The molecule has 1 aromatic carbocycles. The molecule has 69 valence electrons. The molecule has 0 atom stereocenters. The number of carbonyl (C=O) groups excluding carboxylic acids is 1. The fourth-order valence-corrected chi connectivity index (χ4v) is 1.15. The molecule has 3 nitrogen and oxygen atoms in total. The number of hydrogen-bond acceptors (Lipinski definition) is 2. The van der Waals surface area contributed by atoms with Crippen molar-refractivity contribution in [1.29, 1.82) is 0 Å². The molecule has 4 heteroatoms. The molecular formula is C10H6FN2O. The van der Waals surface area contributed by atoms with Crippen molar-refractivity contribution in [3.05, 3.63) is 41.8 Å². The molecule has 0 unspecified atom stereocenters. The molecule has 0 saturated carbocycles. The van der Waals surface area contributed by atoms with Gasteiger partial charge in [-0.15, -0.1) is 0 Å². The van der Waals surface area contributed by atoms with Crippen LogP contribution in [0.15, 0.2) is 30.3 Å². The zero-order chi connectivity index (χ0) is 9.97. The first-order chi connectivity index (χ1) is 6.79. The second-order valence-corrected chi connectivity index (χ2v) is 2.78. The van der Waals surface area contributed by atoms with Gasteiger partial charge >= 0.3 is 0 Å². The molecule has 0 aliphatic rings. The maximum absolute atomic E-state index is 12.6. The molecule has 1 aromatic heterocycles. The molecule has 0 amide bonds. The highest BCUT2D eigenvalue weighted by atomic mass is 19.1. The van der Waals surface area contributed by atoms with E-state index in [9.17, 15) is 9.18 Å². The number of halogens is 1. The van der Waals surface area contributed by atoms with E-state index in [1.807, 2.05) is 0 Å². The molecule has 1 radical (unpaired) electrons. The predicted octanol–water partition coefficient (Wildman–Crippen LogP) is 1.67. The molecular weight excluding hydrogens is 183 g/mol. The Balaban J connectivity index is 2.39. The second kappa shape index (κ2) is 3.41. The van der Waals surface area contributed by atoms with Crippen molar-refractivity contribution in [1.82, 2.24) is 10.2 Å². The number of nitrogens with one attached hydrogen (secondary N) is 1. The van der Waals surface area contributed by atoms with Crippen molar-refractivity contribution in [2.45, 2.75) is 0 Å². The van der Waals surface area contributed by atoms with Gasteiger partial charge in [0.1, 0.15) is 11.5 Å². The van der Waals surface area contributed by atoms with E-state index >= 15 is 0 Å². The zero-order valence-electron chi connectivity index (χ0n) is 7.12. The van der Waals surface area contributed by atoms with Gasteiger partial charge in [0, 0.05) is 0 Å². The van der Waals surface area contributed by atoms with Crippen molar-refractivity contribution in [3.8, 4) is 11.3 Å². The van der Waals surface area contributed by atoms with Crippen LogP contribution in [0.1, 0.15) is 5.69 Å². The van der Waals surface area contributed by atoms with E-state index in [-0.39, 0.29) is 11.5 Å². The van der Waals surface area contributed by atoms with E-state index < -0.39 is 0 Å². The summed E-state index contributed by atoms with van der Waals surface area (Å²) < 4.78 is 12.6. The highest BCUT2D eigenvalue weighted by Crippen LogP contribution is 2.17. The van der Waals surface area contributed by atoms with Gasteiger partial charge in [-0.1, -0.05) is 0 Å². The topological polar surface area (TPSA) is 45.8 Å². The normalized spacial score (nSPS) is 10.1. The van der Waals surface area contributed by atoms with Crippen LogP contribution in [0.25, 0.3) is 11.3 Å². The molecule has 0 spiro atoms. The number of hydrogen-bond donors (Lipinski definition) is 1. The fourth-order valence-electron chi connectivity index (χ4n) is 1.15. The zero-order valence-corrected chi connectivity index (χ0v) is 7.12. The highest BCUT2D eigenvalue weighted by molar-refractivity contribution is 5.75. The lowest BCUT2D eigenvalue weighted by molar-refractivity contribution is 0.561. The average molecular weight is 189 g/mol. The second-order valence-electron chi connectivity index (χ2n) is 2.78. The Morgan fingerprint density at radius 3 is 2.57 bits per heavy atom. The Hall–Kier alpha value is -1.97. The van der Waals surface area contributed by atoms with E-state index in [0.717, 1.165) is 5.56 Å². The van der Waals surface area contributed by atoms with Crippen molar-refractivity contribution < 1.29 is 9.18 Å². The maximum atomic E-state index is 12.6. The molecule has 0 bridgehead atoms. The van der Waals surface area contributed by atoms with Crippen LogP contribution in [0.5, 0.6) is 0 Å². The lowest BCUT2D eigenvalue weighted by Crippen LogP contribution is -1.78. The summed E-state index contributed by atoms with van der Waals surface area (Å²) in [5, 5.41) is 6.35. The summed E-state index contributed by atoms with van der Waals surface area (Å²) in [6.45, 7) is 0. The number of aromatic nitrogens is 2. The van der Waals surface area contributed by atoms with E-state index in [4.69, 9.17) is 0 Å². The van der Waals surface area contributed by atoms with Gasteiger partial charge in [0.15, 0.2) is 0 Å². The third-order valence-corrected chi connectivity index (χ3v) is 1.84. The van der Waals surface area contributed by atoms with Gasteiger partial charge in [-0.25, -0.2) is 4.39 Å². The van der Waals surface area contributed by atoms with E-state index in [1.165, 1.54) is 12.1 Å². The van der Waals surface area contributed by atoms with Gasteiger partial charge in [0.05, 0.1) is 5.69 Å². The standard InChI is InChI=1S/C10H6FN2O/c11-8-3-1-7(2-4-8)10-5-9(6-14)12-13-10/h1-5H,(H,12,13). The largest absolute Gasteiger partial charge is 0.283 e. The van der Waals surface area contributed by atoms with Gasteiger partial charge in [-0.3, -0.25) is 9.89 Å². The Kier molecular flexibility index (Phi) is 2.10. The van der Waals surface area contributed by atoms with Gasteiger partial charge in [-0.2, -0.15) is 5.10 Å². The Bertz CT molecular complexity index is 447. The number of benzene rings is 1. The predicted molar refractivity (Wildman–Crippen MR) is 48.8 cm³/mol. The summed E-state index contributed by atoms with van der Waals surface area (Å²) in [6, 6.07) is 7.47. The first-order valence-electron chi connectivity index (χ1n) is 3.99. The van der Waals surface area contributed by atoms with Crippen molar-refractivity contribution in [2.75, 3.05) is 0 Å². The third-order valence-electron chi connectivity index (χ3n) is 1.84. The number of rotatable bonds is 2. The van der Waals surface area contributed by atoms with Gasteiger partial charge in [0.2, 0.25) is 0 Å². The molecule has 0 fully saturated rings. The Labute approximate surface area is 79.6 Å². The molecule has 0 saturated heterocycles. The van der Waals surface area contributed by atoms with Crippen molar-refractivity contribution in [3.63, 3.8) is 0 Å². The molecule has 2 aromatic rings. The summed E-state index contributed by atoms with van der Waals surface area (Å²) in [5.74, 6) is -0.296. The van der Waals surface area contributed by atoms with Crippen molar-refractivity contribution in [2.24, 2.45) is 0 Å². The van der Waals surface area contributed by atoms with Gasteiger partial charge in [0.25, 0.3) is 6.29 Å². The summed E-state index contributed by atoms with van der Waals surface area (Å²) >= 11 is 0. The fraction of sp³-hybridized carbons (Fsp3) is 0. The van der Waals surface area contributed by atoms with Crippen LogP contribution in [-0.4, -0.2) is 16.5 Å². The highest BCUT2D eigenvalue weighted by Gasteiger charge is 2.02. The van der Waals surface area contributed by atoms with E-state index in [0.29, 0.717) is 5.69 Å². The van der Waals surface area contributed by atoms with Crippen LogP contribution in [0.2, 0.25) is 0 Å². The minimum Gasteiger partial charge on any atom is -0.283 e. The minimum atomic E-state index is -0.296. The maximum Gasteiger partial charge on any atom is 0.255 e. The monoisotopic (exact) mass is 189 g/mol. The summed E-state index contributed by atoms with van der Waals surface area (Å²) in [5.41, 5.74) is 1.66. The number of H-pyrrole nitrogens is 1. The summed E-state index contributed by atoms with van der Waals surface area (Å²) in [4.78, 5) is 10.2. The molecule has 1 N–H and O–H groups in total. The first kappa shape index (κ1) is 8.62. The van der Waals surface area contributed by atoms with Crippen molar-refractivity contribution >= 4 is 6.29 Å². The number of nitrogens with zero attached hydrogens (tertiary/aromatic N) is 1. The third kappa shape index (κ3) is 1.54. The van der Waals surface area contributed by atoms with E-state index in [1.54, 1.807) is 24.5 Å². The quantitative estimate of drug-likeness (QED) is 0.781. The molecule has 2 rings (SSSR count). The lowest BCUT2D eigenvalue weighted by atomic mass is 10.1. The van der Waals surface area contributed by atoms with E-state index in [2.05, 4.69) is 10.2 Å². The smallest absolute Gasteiger partial charge is 0.255 e.